The van der Waals surface area contributed by atoms with E-state index < -0.39 is 6.04 Å². The number of hydrogen-bond acceptors (Lipinski definition) is 4. The van der Waals surface area contributed by atoms with E-state index in [1.165, 1.54) is 12.1 Å². The molecule has 1 unspecified atom stereocenters. The van der Waals surface area contributed by atoms with Crippen LogP contribution >= 0.6 is 0 Å². The van der Waals surface area contributed by atoms with Gasteiger partial charge >= 0.3 is 0 Å². The standard InChI is InChI=1S/C14H21N3O3/c1-2-7-16-13(19)9-17-14(20)12(15)8-10-3-5-11(18)6-4-10/h3-6,12,18H,2,7-9,15H2,1H3,(H,16,19)(H,17,20). The molecule has 6 heteroatoms. The lowest BCUT2D eigenvalue weighted by Crippen LogP contribution is -2.45. The molecular formula is C14H21N3O3. The van der Waals surface area contributed by atoms with Crippen LogP contribution in [0.3, 0.4) is 0 Å². The first-order valence-electron chi connectivity index (χ1n) is 6.60. The first kappa shape index (κ1) is 16.0. The number of phenolic OH excluding ortho intramolecular Hbond substituents is 1. The maximum Gasteiger partial charge on any atom is 0.239 e. The molecule has 1 aromatic rings. The van der Waals surface area contributed by atoms with Crippen LogP contribution in [0.4, 0.5) is 0 Å². The summed E-state index contributed by atoms with van der Waals surface area (Å²) in [6.45, 7) is 2.48. The predicted molar refractivity (Wildman–Crippen MR) is 76.1 cm³/mol. The van der Waals surface area contributed by atoms with E-state index in [4.69, 9.17) is 10.8 Å². The van der Waals surface area contributed by atoms with E-state index in [-0.39, 0.29) is 24.1 Å². The summed E-state index contributed by atoms with van der Waals surface area (Å²) in [6, 6.07) is 5.77. The van der Waals surface area contributed by atoms with E-state index in [2.05, 4.69) is 10.6 Å². The molecule has 110 valence electrons. The van der Waals surface area contributed by atoms with E-state index in [0.29, 0.717) is 13.0 Å². The van der Waals surface area contributed by atoms with Crippen molar-refractivity contribution in [3.63, 3.8) is 0 Å². The molecule has 0 aliphatic heterocycles. The minimum absolute atomic E-state index is 0.0674. The molecule has 0 saturated heterocycles. The molecule has 1 rings (SSSR count). The minimum atomic E-state index is -0.724. The molecule has 6 nitrogen and oxygen atoms in total. The monoisotopic (exact) mass is 279 g/mol. The normalized spacial score (nSPS) is 11.7. The van der Waals surface area contributed by atoms with E-state index in [1.807, 2.05) is 6.92 Å². The molecule has 1 aromatic carbocycles. The van der Waals surface area contributed by atoms with Gasteiger partial charge in [-0.3, -0.25) is 9.59 Å². The summed E-state index contributed by atoms with van der Waals surface area (Å²) in [5.41, 5.74) is 6.62. The van der Waals surface area contributed by atoms with Gasteiger partial charge in [0.05, 0.1) is 12.6 Å². The zero-order valence-corrected chi connectivity index (χ0v) is 11.6. The average molecular weight is 279 g/mol. The van der Waals surface area contributed by atoms with Gasteiger partial charge in [0.1, 0.15) is 5.75 Å². The third-order valence-electron chi connectivity index (χ3n) is 2.72. The van der Waals surface area contributed by atoms with Crippen LogP contribution in [0, 0.1) is 0 Å². The van der Waals surface area contributed by atoms with Crippen molar-refractivity contribution in [2.24, 2.45) is 5.73 Å². The lowest BCUT2D eigenvalue weighted by atomic mass is 10.1. The first-order valence-corrected chi connectivity index (χ1v) is 6.60. The lowest BCUT2D eigenvalue weighted by Gasteiger charge is -2.12. The summed E-state index contributed by atoms with van der Waals surface area (Å²) in [4.78, 5) is 23.1. The van der Waals surface area contributed by atoms with Crippen molar-refractivity contribution in [3.05, 3.63) is 29.8 Å². The van der Waals surface area contributed by atoms with Crippen LogP contribution in [0.2, 0.25) is 0 Å². The number of carbonyl (C=O) groups excluding carboxylic acids is 2. The van der Waals surface area contributed by atoms with Crippen molar-refractivity contribution in [3.8, 4) is 5.75 Å². The molecule has 5 N–H and O–H groups in total. The van der Waals surface area contributed by atoms with Gasteiger partial charge in [0.15, 0.2) is 0 Å². The van der Waals surface area contributed by atoms with Crippen molar-refractivity contribution < 1.29 is 14.7 Å². The molecule has 20 heavy (non-hydrogen) atoms. The van der Waals surface area contributed by atoms with Crippen molar-refractivity contribution >= 4 is 11.8 Å². The Bertz CT molecular complexity index is 445. The molecule has 0 heterocycles. The summed E-state index contributed by atoms with van der Waals surface area (Å²) in [6.07, 6.45) is 1.20. The molecule has 0 radical (unpaired) electrons. The molecule has 1 atom stereocenters. The topological polar surface area (TPSA) is 104 Å². The number of phenols is 1. The van der Waals surface area contributed by atoms with Gasteiger partial charge in [-0.2, -0.15) is 0 Å². The molecule has 0 aromatic heterocycles. The van der Waals surface area contributed by atoms with Gasteiger partial charge in [-0.15, -0.1) is 0 Å². The van der Waals surface area contributed by atoms with Crippen LogP contribution in [-0.2, 0) is 16.0 Å². The summed E-state index contributed by atoms with van der Waals surface area (Å²) in [5, 5.41) is 14.3. The summed E-state index contributed by atoms with van der Waals surface area (Å²) in [7, 11) is 0. The number of benzene rings is 1. The van der Waals surface area contributed by atoms with E-state index in [0.717, 1.165) is 12.0 Å². The van der Waals surface area contributed by atoms with Gasteiger partial charge < -0.3 is 21.5 Å². The number of hydrogen-bond donors (Lipinski definition) is 4. The molecule has 0 aliphatic rings. The molecule has 0 aliphatic carbocycles. The van der Waals surface area contributed by atoms with Crippen molar-refractivity contribution in [2.75, 3.05) is 13.1 Å². The Kier molecular flexibility index (Phi) is 6.52. The van der Waals surface area contributed by atoms with Crippen LogP contribution in [0.15, 0.2) is 24.3 Å². The molecule has 0 saturated carbocycles. The molecular weight excluding hydrogens is 258 g/mol. The highest BCUT2D eigenvalue weighted by atomic mass is 16.3. The van der Waals surface area contributed by atoms with Gasteiger partial charge in [-0.05, 0) is 30.5 Å². The Morgan fingerprint density at radius 3 is 2.50 bits per heavy atom. The number of aromatic hydroxyl groups is 1. The summed E-state index contributed by atoms with van der Waals surface area (Å²) >= 11 is 0. The number of amides is 2. The van der Waals surface area contributed by atoms with Crippen LogP contribution in [0.25, 0.3) is 0 Å². The largest absolute Gasteiger partial charge is 0.508 e. The Balaban J connectivity index is 2.35. The van der Waals surface area contributed by atoms with Crippen molar-refractivity contribution in [2.45, 2.75) is 25.8 Å². The van der Waals surface area contributed by atoms with Crippen molar-refractivity contribution in [1.82, 2.24) is 10.6 Å². The van der Waals surface area contributed by atoms with Crippen LogP contribution in [-0.4, -0.2) is 36.1 Å². The summed E-state index contributed by atoms with van der Waals surface area (Å²) in [5.74, 6) is -0.430. The smallest absolute Gasteiger partial charge is 0.239 e. The summed E-state index contributed by atoms with van der Waals surface area (Å²) < 4.78 is 0. The second-order valence-corrected chi connectivity index (χ2v) is 4.54. The SMILES string of the molecule is CCCNC(=O)CNC(=O)C(N)Cc1ccc(O)cc1. The minimum Gasteiger partial charge on any atom is -0.508 e. The highest BCUT2D eigenvalue weighted by molar-refractivity contribution is 5.87. The van der Waals surface area contributed by atoms with Gasteiger partial charge in [-0.25, -0.2) is 0 Å². The third kappa shape index (κ3) is 5.71. The van der Waals surface area contributed by atoms with Crippen LogP contribution in [0.1, 0.15) is 18.9 Å². The first-order chi connectivity index (χ1) is 9.52. The second kappa shape index (κ2) is 8.16. The second-order valence-electron chi connectivity index (χ2n) is 4.54. The highest BCUT2D eigenvalue weighted by Gasteiger charge is 2.14. The highest BCUT2D eigenvalue weighted by Crippen LogP contribution is 2.10. The van der Waals surface area contributed by atoms with Gasteiger partial charge in [0.2, 0.25) is 11.8 Å². The maximum atomic E-state index is 11.7. The number of nitrogens with one attached hydrogen (secondary N) is 2. The van der Waals surface area contributed by atoms with Crippen LogP contribution in [0.5, 0.6) is 5.75 Å². The van der Waals surface area contributed by atoms with Gasteiger partial charge in [0.25, 0.3) is 0 Å². The van der Waals surface area contributed by atoms with Crippen LogP contribution < -0.4 is 16.4 Å². The Hall–Kier alpha value is -2.08. The number of carbonyl (C=O) groups is 2. The molecule has 0 fully saturated rings. The van der Waals surface area contributed by atoms with Gasteiger partial charge in [0, 0.05) is 6.54 Å². The van der Waals surface area contributed by atoms with E-state index in [9.17, 15) is 9.59 Å². The number of rotatable bonds is 7. The van der Waals surface area contributed by atoms with E-state index >= 15 is 0 Å². The number of nitrogens with two attached hydrogens (primary N) is 1. The maximum absolute atomic E-state index is 11.7. The fourth-order valence-electron chi connectivity index (χ4n) is 1.60. The lowest BCUT2D eigenvalue weighted by molar-refractivity contribution is -0.126. The molecule has 2 amide bonds. The molecule has 0 bridgehead atoms. The Morgan fingerprint density at radius 1 is 1.25 bits per heavy atom. The van der Waals surface area contributed by atoms with E-state index in [1.54, 1.807) is 12.1 Å². The Morgan fingerprint density at radius 2 is 1.90 bits per heavy atom. The fourth-order valence-corrected chi connectivity index (χ4v) is 1.60. The third-order valence-corrected chi connectivity index (χ3v) is 2.72. The zero-order valence-electron chi connectivity index (χ0n) is 11.6. The Labute approximate surface area is 118 Å². The quantitative estimate of drug-likeness (QED) is 0.559. The predicted octanol–water partition coefficient (Wildman–Crippen LogP) is -0.0956. The average Bonchev–Trinajstić information content (AvgIpc) is 2.44. The van der Waals surface area contributed by atoms with Gasteiger partial charge in [-0.1, -0.05) is 19.1 Å². The molecule has 0 spiro atoms. The fraction of sp³-hybridized carbons (Fsp3) is 0.429. The van der Waals surface area contributed by atoms with Crippen molar-refractivity contribution in [1.29, 1.82) is 0 Å². The zero-order chi connectivity index (χ0) is 15.0.